The molecule has 1 saturated carbocycles. The predicted octanol–water partition coefficient (Wildman–Crippen LogP) is 3.12. The number of carbonyl (C=O) groups is 1. The number of rotatable bonds is 4. The minimum Gasteiger partial charge on any atom is -0.496 e. The van der Waals surface area contributed by atoms with Crippen molar-refractivity contribution in [2.24, 2.45) is 11.8 Å². The van der Waals surface area contributed by atoms with E-state index in [4.69, 9.17) is 4.74 Å². The number of ether oxygens (including phenoxy) is 1. The summed E-state index contributed by atoms with van der Waals surface area (Å²) in [5.74, 6) is 1.72. The molecule has 0 aliphatic heterocycles. The third-order valence-electron chi connectivity index (χ3n) is 4.10. The number of hydrogen-bond donors (Lipinski definition) is 1. The van der Waals surface area contributed by atoms with E-state index in [0.717, 1.165) is 28.5 Å². The summed E-state index contributed by atoms with van der Waals surface area (Å²) in [6.07, 6.45) is 1.01. The molecule has 0 radical (unpaired) electrons. The molecular formula is C17H19NO2. The van der Waals surface area contributed by atoms with Gasteiger partial charge in [0.1, 0.15) is 5.75 Å². The molecule has 1 amide bonds. The van der Waals surface area contributed by atoms with Crippen LogP contribution in [0.1, 0.15) is 18.9 Å². The number of fused-ring (bicyclic) bond motifs is 1. The van der Waals surface area contributed by atoms with Crippen molar-refractivity contribution in [1.82, 2.24) is 5.32 Å². The van der Waals surface area contributed by atoms with E-state index >= 15 is 0 Å². The normalized spacial score (nSPS) is 20.7. The van der Waals surface area contributed by atoms with Crippen molar-refractivity contribution in [2.45, 2.75) is 19.9 Å². The van der Waals surface area contributed by atoms with Crippen LogP contribution >= 0.6 is 0 Å². The average molecular weight is 269 g/mol. The molecule has 2 aromatic rings. The maximum Gasteiger partial charge on any atom is 0.223 e. The molecule has 0 saturated heterocycles. The Morgan fingerprint density at radius 1 is 1.30 bits per heavy atom. The van der Waals surface area contributed by atoms with Crippen LogP contribution in [0.2, 0.25) is 0 Å². The van der Waals surface area contributed by atoms with Gasteiger partial charge in [-0.15, -0.1) is 0 Å². The van der Waals surface area contributed by atoms with E-state index in [-0.39, 0.29) is 11.8 Å². The second kappa shape index (κ2) is 5.16. The molecule has 2 atom stereocenters. The first kappa shape index (κ1) is 13.0. The van der Waals surface area contributed by atoms with Gasteiger partial charge in [0, 0.05) is 18.0 Å². The lowest BCUT2D eigenvalue weighted by atomic mass is 10.0. The fourth-order valence-corrected chi connectivity index (χ4v) is 2.68. The number of hydrogen-bond acceptors (Lipinski definition) is 2. The first-order chi connectivity index (χ1) is 9.70. The Kier molecular flexibility index (Phi) is 3.35. The maximum absolute atomic E-state index is 12.0. The van der Waals surface area contributed by atoms with Gasteiger partial charge in [-0.2, -0.15) is 0 Å². The molecule has 0 spiro atoms. The summed E-state index contributed by atoms with van der Waals surface area (Å²) in [4.78, 5) is 12.0. The fourth-order valence-electron chi connectivity index (χ4n) is 2.68. The van der Waals surface area contributed by atoms with Gasteiger partial charge in [-0.1, -0.05) is 37.3 Å². The summed E-state index contributed by atoms with van der Waals surface area (Å²) in [6, 6.07) is 12.2. The molecule has 3 heteroatoms. The molecule has 104 valence electrons. The molecule has 0 aromatic heterocycles. The van der Waals surface area contributed by atoms with Crippen LogP contribution in [-0.4, -0.2) is 13.0 Å². The summed E-state index contributed by atoms with van der Waals surface area (Å²) < 4.78 is 5.43. The van der Waals surface area contributed by atoms with Gasteiger partial charge in [0.2, 0.25) is 5.91 Å². The number of methoxy groups -OCH3 is 1. The molecule has 1 fully saturated rings. The van der Waals surface area contributed by atoms with Gasteiger partial charge in [0.05, 0.1) is 7.11 Å². The van der Waals surface area contributed by atoms with E-state index in [1.807, 2.05) is 24.3 Å². The van der Waals surface area contributed by atoms with E-state index in [1.165, 1.54) is 0 Å². The first-order valence-electron chi connectivity index (χ1n) is 7.03. The van der Waals surface area contributed by atoms with Gasteiger partial charge in [-0.25, -0.2) is 0 Å². The second-order valence-corrected chi connectivity index (χ2v) is 5.50. The molecule has 1 aliphatic rings. The molecule has 0 heterocycles. The van der Waals surface area contributed by atoms with Crippen LogP contribution in [0.3, 0.4) is 0 Å². The highest BCUT2D eigenvalue weighted by atomic mass is 16.5. The zero-order valence-corrected chi connectivity index (χ0v) is 11.8. The Bertz CT molecular complexity index is 650. The Balaban J connectivity index is 1.86. The molecule has 20 heavy (non-hydrogen) atoms. The molecule has 1 aliphatic carbocycles. The SMILES string of the molecule is COc1ccc2ccccc2c1CNC(=O)[C@H]1C[C@@H]1C. The minimum absolute atomic E-state index is 0.160. The van der Waals surface area contributed by atoms with E-state index in [2.05, 4.69) is 24.4 Å². The first-order valence-corrected chi connectivity index (χ1v) is 7.03. The molecule has 0 bridgehead atoms. The van der Waals surface area contributed by atoms with Crippen LogP contribution in [0.15, 0.2) is 36.4 Å². The molecule has 1 N–H and O–H groups in total. The number of nitrogens with one attached hydrogen (secondary N) is 1. The molecular weight excluding hydrogens is 250 g/mol. The van der Waals surface area contributed by atoms with E-state index in [0.29, 0.717) is 12.5 Å². The van der Waals surface area contributed by atoms with E-state index < -0.39 is 0 Å². The summed E-state index contributed by atoms with van der Waals surface area (Å²) >= 11 is 0. The fraction of sp³-hybridized carbons (Fsp3) is 0.353. The molecule has 3 nitrogen and oxygen atoms in total. The van der Waals surface area contributed by atoms with Gasteiger partial charge in [0.15, 0.2) is 0 Å². The van der Waals surface area contributed by atoms with Crippen molar-refractivity contribution in [3.8, 4) is 5.75 Å². The Morgan fingerprint density at radius 3 is 2.75 bits per heavy atom. The highest BCUT2D eigenvalue weighted by molar-refractivity contribution is 5.88. The van der Waals surface area contributed by atoms with E-state index in [9.17, 15) is 4.79 Å². The quantitative estimate of drug-likeness (QED) is 0.926. The topological polar surface area (TPSA) is 38.3 Å². The zero-order valence-electron chi connectivity index (χ0n) is 11.8. The van der Waals surface area contributed by atoms with Gasteiger partial charge in [-0.3, -0.25) is 4.79 Å². The van der Waals surface area contributed by atoms with Gasteiger partial charge < -0.3 is 10.1 Å². The summed E-state index contributed by atoms with van der Waals surface area (Å²) in [7, 11) is 1.67. The van der Waals surface area contributed by atoms with Crippen molar-refractivity contribution in [3.05, 3.63) is 42.0 Å². The highest BCUT2D eigenvalue weighted by Gasteiger charge is 2.38. The van der Waals surface area contributed by atoms with Crippen molar-refractivity contribution >= 4 is 16.7 Å². The van der Waals surface area contributed by atoms with Crippen LogP contribution in [0, 0.1) is 11.8 Å². The average Bonchev–Trinajstić information content (AvgIpc) is 3.21. The minimum atomic E-state index is 0.160. The van der Waals surface area contributed by atoms with Gasteiger partial charge >= 0.3 is 0 Å². The summed E-state index contributed by atoms with van der Waals surface area (Å²) in [6.45, 7) is 2.63. The lowest BCUT2D eigenvalue weighted by Gasteiger charge is -2.13. The number of amides is 1. The second-order valence-electron chi connectivity index (χ2n) is 5.50. The monoisotopic (exact) mass is 269 g/mol. The van der Waals surface area contributed by atoms with E-state index in [1.54, 1.807) is 7.11 Å². The van der Waals surface area contributed by atoms with Gasteiger partial charge in [-0.05, 0) is 29.2 Å². The van der Waals surface area contributed by atoms with Crippen molar-refractivity contribution in [3.63, 3.8) is 0 Å². The molecule has 3 rings (SSSR count). The maximum atomic E-state index is 12.0. The van der Waals surface area contributed by atoms with Crippen molar-refractivity contribution < 1.29 is 9.53 Å². The third kappa shape index (κ3) is 2.36. The summed E-state index contributed by atoms with van der Waals surface area (Å²) in [5, 5.41) is 5.34. The number of carbonyl (C=O) groups excluding carboxylic acids is 1. The lowest BCUT2D eigenvalue weighted by molar-refractivity contribution is -0.122. The molecule has 2 aromatic carbocycles. The lowest BCUT2D eigenvalue weighted by Crippen LogP contribution is -2.25. The number of benzene rings is 2. The Labute approximate surface area is 118 Å². The van der Waals surface area contributed by atoms with Crippen LogP contribution in [0.4, 0.5) is 0 Å². The standard InChI is InChI=1S/C17H19NO2/c1-11-9-14(11)17(19)18-10-15-13-6-4-3-5-12(13)7-8-16(15)20-2/h3-8,11,14H,9-10H2,1-2H3,(H,18,19)/t11-,14-/m0/s1. The smallest absolute Gasteiger partial charge is 0.223 e. The van der Waals surface area contributed by atoms with Crippen molar-refractivity contribution in [1.29, 1.82) is 0 Å². The predicted molar refractivity (Wildman–Crippen MR) is 79.6 cm³/mol. The zero-order chi connectivity index (χ0) is 14.1. The van der Waals surface area contributed by atoms with Crippen LogP contribution in [0.5, 0.6) is 5.75 Å². The summed E-state index contributed by atoms with van der Waals surface area (Å²) in [5.41, 5.74) is 1.05. The van der Waals surface area contributed by atoms with Crippen LogP contribution in [-0.2, 0) is 11.3 Å². The van der Waals surface area contributed by atoms with Crippen LogP contribution < -0.4 is 10.1 Å². The Hall–Kier alpha value is -2.03. The molecule has 0 unspecified atom stereocenters. The highest BCUT2D eigenvalue weighted by Crippen LogP contribution is 2.38. The largest absolute Gasteiger partial charge is 0.496 e. The van der Waals surface area contributed by atoms with Crippen LogP contribution in [0.25, 0.3) is 10.8 Å². The van der Waals surface area contributed by atoms with Crippen molar-refractivity contribution in [2.75, 3.05) is 7.11 Å². The van der Waals surface area contributed by atoms with Gasteiger partial charge in [0.25, 0.3) is 0 Å². The Morgan fingerprint density at radius 2 is 2.05 bits per heavy atom. The third-order valence-corrected chi connectivity index (χ3v) is 4.10.